The van der Waals surface area contributed by atoms with Crippen molar-refractivity contribution in [3.63, 3.8) is 0 Å². The summed E-state index contributed by atoms with van der Waals surface area (Å²) in [5, 5.41) is 12.3. The summed E-state index contributed by atoms with van der Waals surface area (Å²) in [4.78, 5) is 0. The molecule has 0 aliphatic carbocycles. The molecule has 0 aromatic heterocycles. The number of hydrogen-bond donors (Lipinski definition) is 1. The van der Waals surface area contributed by atoms with Crippen LogP contribution in [0.25, 0.3) is 0 Å². The predicted octanol–water partition coefficient (Wildman–Crippen LogP) is 4.56. The highest BCUT2D eigenvalue weighted by atomic mass is 79.9. The number of nitriles is 1. The van der Waals surface area contributed by atoms with Crippen molar-refractivity contribution in [2.75, 3.05) is 5.32 Å². The van der Waals surface area contributed by atoms with Gasteiger partial charge in [-0.15, -0.1) is 0 Å². The third kappa shape index (κ3) is 4.79. The molecule has 2 unspecified atom stereocenters. The Kier molecular flexibility index (Phi) is 5.50. The fourth-order valence-electron chi connectivity index (χ4n) is 1.85. The second-order valence-electron chi connectivity index (χ2n) is 4.63. The third-order valence-corrected chi connectivity index (χ3v) is 3.35. The van der Waals surface area contributed by atoms with Crippen LogP contribution in [0.5, 0.6) is 0 Å². The molecule has 0 radical (unpaired) electrons. The van der Waals surface area contributed by atoms with Gasteiger partial charge in [0, 0.05) is 16.2 Å². The van der Waals surface area contributed by atoms with Crippen LogP contribution in [0, 0.1) is 17.2 Å². The van der Waals surface area contributed by atoms with Crippen LogP contribution in [-0.2, 0) is 0 Å². The summed E-state index contributed by atoms with van der Waals surface area (Å²) in [5.74, 6) is 0.722. The summed E-state index contributed by atoms with van der Waals surface area (Å²) in [6.07, 6.45) is 2.35. The molecule has 0 aliphatic rings. The zero-order valence-electron chi connectivity index (χ0n) is 10.6. The summed E-state index contributed by atoms with van der Waals surface area (Å²) in [6, 6.07) is 8.30. The minimum absolute atomic E-state index is 0.422. The van der Waals surface area contributed by atoms with Gasteiger partial charge in [0.2, 0.25) is 0 Å². The van der Waals surface area contributed by atoms with E-state index in [1.54, 1.807) is 0 Å². The van der Waals surface area contributed by atoms with Crippen LogP contribution < -0.4 is 5.32 Å². The molecule has 2 nitrogen and oxygen atoms in total. The van der Waals surface area contributed by atoms with E-state index in [0.717, 1.165) is 22.5 Å². The standard InChI is InChI=1S/C14H19BrN2/c1-4-10(2)5-11(3)17-14-7-12(9-16)6-13(15)8-14/h6-8,10-11,17H,4-5H2,1-3H3. The minimum Gasteiger partial charge on any atom is -0.383 e. The number of nitrogens with zero attached hydrogens (tertiary/aromatic N) is 1. The lowest BCUT2D eigenvalue weighted by Crippen LogP contribution is -2.18. The van der Waals surface area contributed by atoms with E-state index in [9.17, 15) is 0 Å². The Hall–Kier alpha value is -1.01. The van der Waals surface area contributed by atoms with Gasteiger partial charge in [0.1, 0.15) is 0 Å². The molecule has 0 fully saturated rings. The molecule has 3 heteroatoms. The molecule has 0 saturated carbocycles. The zero-order chi connectivity index (χ0) is 12.8. The average molecular weight is 295 g/mol. The number of nitrogens with one attached hydrogen (secondary N) is 1. The number of halogens is 1. The topological polar surface area (TPSA) is 35.8 Å². The summed E-state index contributed by atoms with van der Waals surface area (Å²) >= 11 is 3.42. The normalized spacial score (nSPS) is 13.8. The molecule has 1 N–H and O–H groups in total. The van der Waals surface area contributed by atoms with Crippen molar-refractivity contribution in [1.29, 1.82) is 5.26 Å². The first-order chi connectivity index (χ1) is 8.05. The molecule has 0 spiro atoms. The van der Waals surface area contributed by atoms with Gasteiger partial charge in [0.05, 0.1) is 11.6 Å². The number of rotatable bonds is 5. The van der Waals surface area contributed by atoms with Crippen LogP contribution in [0.4, 0.5) is 5.69 Å². The molecular weight excluding hydrogens is 276 g/mol. The Morgan fingerprint density at radius 1 is 1.35 bits per heavy atom. The molecule has 17 heavy (non-hydrogen) atoms. The largest absolute Gasteiger partial charge is 0.383 e. The fourth-order valence-corrected chi connectivity index (χ4v) is 2.34. The Morgan fingerprint density at radius 2 is 2.06 bits per heavy atom. The molecular formula is C14H19BrN2. The van der Waals surface area contributed by atoms with Crippen LogP contribution >= 0.6 is 15.9 Å². The van der Waals surface area contributed by atoms with Crippen molar-refractivity contribution >= 4 is 21.6 Å². The van der Waals surface area contributed by atoms with Crippen LogP contribution in [0.3, 0.4) is 0 Å². The molecule has 1 aromatic carbocycles. The van der Waals surface area contributed by atoms with Crippen molar-refractivity contribution in [2.45, 2.75) is 39.7 Å². The van der Waals surface area contributed by atoms with Crippen molar-refractivity contribution in [1.82, 2.24) is 0 Å². The van der Waals surface area contributed by atoms with Crippen molar-refractivity contribution in [3.05, 3.63) is 28.2 Å². The van der Waals surface area contributed by atoms with Crippen LogP contribution in [0.15, 0.2) is 22.7 Å². The SMILES string of the molecule is CCC(C)CC(C)Nc1cc(Br)cc(C#N)c1. The second-order valence-corrected chi connectivity index (χ2v) is 5.55. The molecule has 0 saturated heterocycles. The molecule has 2 atom stereocenters. The molecule has 0 amide bonds. The average Bonchev–Trinajstić information content (AvgIpc) is 2.27. The van der Waals surface area contributed by atoms with E-state index in [1.165, 1.54) is 6.42 Å². The monoisotopic (exact) mass is 294 g/mol. The van der Waals surface area contributed by atoms with Gasteiger partial charge in [-0.25, -0.2) is 0 Å². The molecule has 92 valence electrons. The Bertz CT molecular complexity index is 409. The van der Waals surface area contributed by atoms with Crippen LogP contribution in [0.1, 0.15) is 39.2 Å². The van der Waals surface area contributed by atoms with Gasteiger partial charge in [-0.05, 0) is 37.5 Å². The van der Waals surface area contributed by atoms with Crippen molar-refractivity contribution < 1.29 is 0 Å². The Labute approximate surface area is 112 Å². The van der Waals surface area contributed by atoms with Gasteiger partial charge in [-0.1, -0.05) is 36.2 Å². The maximum atomic E-state index is 8.91. The van der Waals surface area contributed by atoms with E-state index in [2.05, 4.69) is 48.1 Å². The number of anilines is 1. The van der Waals surface area contributed by atoms with E-state index in [1.807, 2.05) is 18.2 Å². The van der Waals surface area contributed by atoms with Gasteiger partial charge >= 0.3 is 0 Å². The highest BCUT2D eigenvalue weighted by Crippen LogP contribution is 2.21. The number of hydrogen-bond acceptors (Lipinski definition) is 2. The highest BCUT2D eigenvalue weighted by molar-refractivity contribution is 9.10. The fraction of sp³-hybridized carbons (Fsp3) is 0.500. The van der Waals surface area contributed by atoms with E-state index >= 15 is 0 Å². The smallest absolute Gasteiger partial charge is 0.0992 e. The maximum absolute atomic E-state index is 8.91. The maximum Gasteiger partial charge on any atom is 0.0992 e. The predicted molar refractivity (Wildman–Crippen MR) is 76.0 cm³/mol. The molecule has 0 heterocycles. The molecule has 0 bridgehead atoms. The second kappa shape index (κ2) is 6.66. The summed E-state index contributed by atoms with van der Waals surface area (Å²) in [5.41, 5.74) is 1.68. The van der Waals surface area contributed by atoms with Crippen molar-refractivity contribution in [2.24, 2.45) is 5.92 Å². The van der Waals surface area contributed by atoms with Crippen LogP contribution in [0.2, 0.25) is 0 Å². The zero-order valence-corrected chi connectivity index (χ0v) is 12.2. The van der Waals surface area contributed by atoms with E-state index < -0.39 is 0 Å². The Balaban J connectivity index is 2.68. The summed E-state index contributed by atoms with van der Waals surface area (Å²) < 4.78 is 0.940. The summed E-state index contributed by atoms with van der Waals surface area (Å²) in [6.45, 7) is 6.66. The quantitative estimate of drug-likeness (QED) is 0.864. The lowest BCUT2D eigenvalue weighted by atomic mass is 10.0. The van der Waals surface area contributed by atoms with Gasteiger partial charge in [-0.2, -0.15) is 5.26 Å². The first-order valence-corrected chi connectivity index (χ1v) is 6.81. The van der Waals surface area contributed by atoms with Gasteiger partial charge < -0.3 is 5.32 Å². The number of benzene rings is 1. The van der Waals surface area contributed by atoms with Crippen LogP contribution in [-0.4, -0.2) is 6.04 Å². The van der Waals surface area contributed by atoms with E-state index in [4.69, 9.17) is 5.26 Å². The van der Waals surface area contributed by atoms with Gasteiger partial charge in [0.25, 0.3) is 0 Å². The van der Waals surface area contributed by atoms with E-state index in [0.29, 0.717) is 11.6 Å². The Morgan fingerprint density at radius 3 is 2.65 bits per heavy atom. The molecule has 0 aliphatic heterocycles. The highest BCUT2D eigenvalue weighted by Gasteiger charge is 2.08. The van der Waals surface area contributed by atoms with E-state index in [-0.39, 0.29) is 0 Å². The molecule has 1 aromatic rings. The van der Waals surface area contributed by atoms with Crippen molar-refractivity contribution in [3.8, 4) is 6.07 Å². The summed E-state index contributed by atoms with van der Waals surface area (Å²) in [7, 11) is 0. The lowest BCUT2D eigenvalue weighted by Gasteiger charge is -2.19. The van der Waals surface area contributed by atoms with Gasteiger partial charge in [0.15, 0.2) is 0 Å². The van der Waals surface area contributed by atoms with Gasteiger partial charge in [-0.3, -0.25) is 0 Å². The minimum atomic E-state index is 0.422. The first kappa shape index (κ1) is 14.1. The third-order valence-electron chi connectivity index (χ3n) is 2.89. The molecule has 1 rings (SSSR count). The lowest BCUT2D eigenvalue weighted by molar-refractivity contribution is 0.484. The first-order valence-electron chi connectivity index (χ1n) is 6.02.